The summed E-state index contributed by atoms with van der Waals surface area (Å²) in [5.41, 5.74) is 7.23. The van der Waals surface area contributed by atoms with E-state index in [-0.39, 0.29) is 0 Å². The normalized spacial score (nSPS) is 18.2. The molecule has 1 unspecified atom stereocenters. The minimum absolute atomic E-state index is 0.556. The predicted molar refractivity (Wildman–Crippen MR) is 118 cm³/mol. The van der Waals surface area contributed by atoms with Crippen molar-refractivity contribution in [3.05, 3.63) is 81.9 Å². The molecule has 0 N–H and O–H groups in total. The van der Waals surface area contributed by atoms with Crippen LogP contribution in [0.4, 0.5) is 0 Å². The van der Waals surface area contributed by atoms with Crippen LogP contribution in [0.15, 0.2) is 81.9 Å². The highest BCUT2D eigenvalue weighted by Crippen LogP contribution is 2.36. The van der Waals surface area contributed by atoms with E-state index in [1.165, 1.54) is 32.8 Å². The van der Waals surface area contributed by atoms with Gasteiger partial charge in [0.05, 0.1) is 0 Å². The number of hydrogen-bond acceptors (Lipinski definition) is 1. The Kier molecular flexibility index (Phi) is 9.67. The van der Waals surface area contributed by atoms with E-state index in [0.717, 1.165) is 19.3 Å². The molecule has 25 heavy (non-hydrogen) atoms. The SMILES string of the molecule is C=C/C=C(\SC)C1=CC=C(/C(=C/C)CC(C)/C(C)=C/C=C(/C)CC)C1. The minimum Gasteiger partial charge on any atom is -0.129 e. The molecule has 1 rings (SSSR count). The van der Waals surface area contributed by atoms with Gasteiger partial charge >= 0.3 is 0 Å². The molecule has 0 aromatic heterocycles. The number of allylic oxidation sites excluding steroid dienone is 12. The van der Waals surface area contributed by atoms with Crippen LogP contribution in [-0.2, 0) is 0 Å². The van der Waals surface area contributed by atoms with Gasteiger partial charge in [0, 0.05) is 4.91 Å². The quantitative estimate of drug-likeness (QED) is 0.378. The third kappa shape index (κ3) is 6.74. The van der Waals surface area contributed by atoms with Crippen molar-refractivity contribution in [2.45, 2.75) is 53.9 Å². The van der Waals surface area contributed by atoms with Gasteiger partial charge in [-0.1, -0.05) is 68.0 Å². The van der Waals surface area contributed by atoms with Gasteiger partial charge in [-0.2, -0.15) is 0 Å². The molecule has 1 heteroatoms. The molecule has 136 valence electrons. The van der Waals surface area contributed by atoms with Gasteiger partial charge in [-0.25, -0.2) is 0 Å². The Morgan fingerprint density at radius 2 is 1.88 bits per heavy atom. The van der Waals surface area contributed by atoms with Crippen LogP contribution >= 0.6 is 11.8 Å². The van der Waals surface area contributed by atoms with E-state index in [4.69, 9.17) is 0 Å². The molecule has 1 aliphatic carbocycles. The van der Waals surface area contributed by atoms with Crippen LogP contribution in [0.5, 0.6) is 0 Å². The van der Waals surface area contributed by atoms with Gasteiger partial charge < -0.3 is 0 Å². The van der Waals surface area contributed by atoms with Crippen molar-refractivity contribution < 1.29 is 0 Å². The van der Waals surface area contributed by atoms with E-state index in [1.807, 2.05) is 6.08 Å². The zero-order valence-corrected chi connectivity index (χ0v) is 17.7. The van der Waals surface area contributed by atoms with E-state index < -0.39 is 0 Å². The summed E-state index contributed by atoms with van der Waals surface area (Å²) >= 11 is 1.80. The Labute approximate surface area is 159 Å². The maximum atomic E-state index is 3.83. The Hall–Kier alpha value is -1.47. The first-order valence-corrected chi connectivity index (χ1v) is 10.5. The third-order valence-electron chi connectivity index (χ3n) is 4.92. The van der Waals surface area contributed by atoms with Crippen molar-refractivity contribution in [3.8, 4) is 0 Å². The van der Waals surface area contributed by atoms with Gasteiger partial charge in [0.15, 0.2) is 0 Å². The first-order chi connectivity index (χ1) is 12.0. The first kappa shape index (κ1) is 21.6. The van der Waals surface area contributed by atoms with Gasteiger partial charge in [0.2, 0.25) is 0 Å². The van der Waals surface area contributed by atoms with Crippen LogP contribution in [0.3, 0.4) is 0 Å². The molecule has 1 atom stereocenters. The number of rotatable bonds is 9. The van der Waals surface area contributed by atoms with Crippen LogP contribution in [0, 0.1) is 5.92 Å². The topological polar surface area (TPSA) is 0 Å². The van der Waals surface area contributed by atoms with Crippen molar-refractivity contribution in [2.24, 2.45) is 5.92 Å². The maximum absolute atomic E-state index is 3.83. The van der Waals surface area contributed by atoms with Gasteiger partial charge in [-0.15, -0.1) is 11.8 Å². The molecule has 0 heterocycles. The van der Waals surface area contributed by atoms with E-state index >= 15 is 0 Å². The molecule has 0 saturated carbocycles. The summed E-state index contributed by atoms with van der Waals surface area (Å²) in [6, 6.07) is 0. The first-order valence-electron chi connectivity index (χ1n) is 9.23. The van der Waals surface area contributed by atoms with Crippen LogP contribution in [0.1, 0.15) is 53.9 Å². The van der Waals surface area contributed by atoms with Crippen LogP contribution in [0.2, 0.25) is 0 Å². The molecule has 0 saturated heterocycles. The van der Waals surface area contributed by atoms with Crippen LogP contribution < -0.4 is 0 Å². The number of hydrogen-bond donors (Lipinski definition) is 0. The Morgan fingerprint density at radius 3 is 2.44 bits per heavy atom. The summed E-state index contributed by atoms with van der Waals surface area (Å²) in [6.07, 6.45) is 20.8. The van der Waals surface area contributed by atoms with Crippen molar-refractivity contribution >= 4 is 11.8 Å². The second kappa shape index (κ2) is 11.2. The fourth-order valence-corrected chi connectivity index (χ4v) is 3.44. The molecule has 0 aromatic rings. The zero-order valence-electron chi connectivity index (χ0n) is 16.9. The third-order valence-corrected chi connectivity index (χ3v) is 5.76. The maximum Gasteiger partial charge on any atom is 0.0104 e. The van der Waals surface area contributed by atoms with Crippen molar-refractivity contribution in [3.63, 3.8) is 0 Å². The summed E-state index contributed by atoms with van der Waals surface area (Å²) in [6.45, 7) is 15.0. The standard InChI is InChI=1S/C24H34S/c1-8-11-24(25-7)23-15-14-22(17-23)21(10-3)16-20(6)19(5)13-12-18(4)9-2/h8,10-15,20H,1,9,16-17H2,2-7H3/b18-12-,19-13+,21-10+,24-11-. The summed E-state index contributed by atoms with van der Waals surface area (Å²) in [7, 11) is 0. The van der Waals surface area contributed by atoms with E-state index in [1.54, 1.807) is 11.8 Å². The summed E-state index contributed by atoms with van der Waals surface area (Å²) < 4.78 is 0. The fraction of sp³-hybridized carbons (Fsp3) is 0.417. The van der Waals surface area contributed by atoms with E-state index in [9.17, 15) is 0 Å². The highest BCUT2D eigenvalue weighted by atomic mass is 32.2. The average Bonchev–Trinajstić information content (AvgIpc) is 3.10. The molecule has 0 aliphatic heterocycles. The van der Waals surface area contributed by atoms with Crippen LogP contribution in [-0.4, -0.2) is 6.26 Å². The second-order valence-corrected chi connectivity index (χ2v) is 7.58. The second-order valence-electron chi connectivity index (χ2n) is 6.73. The van der Waals surface area contributed by atoms with Gasteiger partial charge in [0.1, 0.15) is 0 Å². The lowest BCUT2D eigenvalue weighted by Gasteiger charge is -2.17. The molecule has 0 fully saturated rings. The number of thioether (sulfide) groups is 1. The molecule has 0 nitrogen and oxygen atoms in total. The smallest absolute Gasteiger partial charge is 0.0104 e. The summed E-state index contributed by atoms with van der Waals surface area (Å²) in [5, 5.41) is 0. The Balaban J connectivity index is 2.77. The minimum atomic E-state index is 0.556. The Morgan fingerprint density at radius 1 is 1.20 bits per heavy atom. The van der Waals surface area contributed by atoms with Crippen LogP contribution in [0.25, 0.3) is 0 Å². The van der Waals surface area contributed by atoms with Gasteiger partial charge in [0.25, 0.3) is 0 Å². The lowest BCUT2D eigenvalue weighted by atomic mass is 9.89. The van der Waals surface area contributed by atoms with Gasteiger partial charge in [-0.05, 0) is 75.0 Å². The highest BCUT2D eigenvalue weighted by Gasteiger charge is 2.16. The van der Waals surface area contributed by atoms with Crippen molar-refractivity contribution in [1.29, 1.82) is 0 Å². The van der Waals surface area contributed by atoms with Crippen molar-refractivity contribution in [2.75, 3.05) is 6.26 Å². The zero-order chi connectivity index (χ0) is 18.8. The molecule has 0 bridgehead atoms. The highest BCUT2D eigenvalue weighted by molar-refractivity contribution is 8.02. The summed E-state index contributed by atoms with van der Waals surface area (Å²) in [4.78, 5) is 1.32. The molecule has 0 amide bonds. The molecule has 0 aromatic carbocycles. The predicted octanol–water partition coefficient (Wildman–Crippen LogP) is 7.95. The lowest BCUT2D eigenvalue weighted by Crippen LogP contribution is -2.01. The van der Waals surface area contributed by atoms with Gasteiger partial charge in [-0.3, -0.25) is 0 Å². The fourth-order valence-electron chi connectivity index (χ4n) is 2.81. The molecule has 1 aliphatic rings. The molecule has 0 spiro atoms. The molecular formula is C24H34S. The lowest BCUT2D eigenvalue weighted by molar-refractivity contribution is 0.673. The molecule has 0 radical (unpaired) electrons. The van der Waals surface area contributed by atoms with E-state index in [0.29, 0.717) is 5.92 Å². The van der Waals surface area contributed by atoms with Crippen molar-refractivity contribution in [1.82, 2.24) is 0 Å². The van der Waals surface area contributed by atoms with E-state index in [2.05, 4.69) is 83.9 Å². The summed E-state index contributed by atoms with van der Waals surface area (Å²) in [5.74, 6) is 0.556. The largest absolute Gasteiger partial charge is 0.129 e. The molecular weight excluding hydrogens is 320 g/mol. The Bertz CT molecular complexity index is 648. The average molecular weight is 355 g/mol. The monoisotopic (exact) mass is 354 g/mol.